The van der Waals surface area contributed by atoms with Gasteiger partial charge in [0.25, 0.3) is 0 Å². The number of rotatable bonds is 6. The summed E-state index contributed by atoms with van der Waals surface area (Å²) in [5.74, 6) is 0.101. The minimum absolute atomic E-state index is 0.101. The number of aromatic amines is 1. The lowest BCUT2D eigenvalue weighted by Crippen LogP contribution is -2.51. The number of amides is 1. The summed E-state index contributed by atoms with van der Waals surface area (Å²) >= 11 is 0. The van der Waals surface area contributed by atoms with Crippen molar-refractivity contribution in [1.29, 1.82) is 0 Å². The molecule has 1 saturated heterocycles. The number of carbonyl (C=O) groups is 1. The van der Waals surface area contributed by atoms with E-state index in [1.165, 1.54) is 0 Å². The lowest BCUT2D eigenvalue weighted by molar-refractivity contribution is -0.135. The third-order valence-corrected chi connectivity index (χ3v) is 4.24. The van der Waals surface area contributed by atoms with Crippen molar-refractivity contribution in [3.8, 4) is 11.3 Å². The molecule has 1 amide bonds. The highest BCUT2D eigenvalue weighted by molar-refractivity contribution is 5.81. The Morgan fingerprint density at radius 2 is 2.21 bits per heavy atom. The molecule has 0 saturated carbocycles. The van der Waals surface area contributed by atoms with Crippen molar-refractivity contribution in [1.82, 2.24) is 20.4 Å². The molecule has 1 fully saturated rings. The fourth-order valence-electron chi connectivity index (χ4n) is 2.85. The quantitative estimate of drug-likeness (QED) is 0.842. The van der Waals surface area contributed by atoms with Crippen LogP contribution in [-0.4, -0.2) is 60.4 Å². The first-order valence-electron chi connectivity index (χ1n) is 8.40. The van der Waals surface area contributed by atoms with Crippen LogP contribution in [0.2, 0.25) is 0 Å². The third kappa shape index (κ3) is 4.21. The summed E-state index contributed by atoms with van der Waals surface area (Å²) in [6.07, 6.45) is 1.76. The molecule has 1 atom stereocenters. The summed E-state index contributed by atoms with van der Waals surface area (Å²) in [4.78, 5) is 14.1. The summed E-state index contributed by atoms with van der Waals surface area (Å²) in [7, 11) is 1.85. The van der Waals surface area contributed by atoms with E-state index in [-0.39, 0.29) is 11.9 Å². The minimum atomic E-state index is -0.208. The summed E-state index contributed by atoms with van der Waals surface area (Å²) in [5.41, 5.74) is 3.16. The highest BCUT2D eigenvalue weighted by Crippen LogP contribution is 2.17. The highest BCUT2D eigenvalue weighted by atomic mass is 16.5. The van der Waals surface area contributed by atoms with Crippen LogP contribution in [0.3, 0.4) is 0 Å². The lowest BCUT2D eigenvalue weighted by Gasteiger charge is -2.27. The van der Waals surface area contributed by atoms with E-state index in [4.69, 9.17) is 4.74 Å². The van der Waals surface area contributed by atoms with E-state index < -0.39 is 0 Å². The van der Waals surface area contributed by atoms with E-state index in [0.717, 1.165) is 42.9 Å². The van der Waals surface area contributed by atoms with Gasteiger partial charge in [-0.05, 0) is 18.9 Å². The van der Waals surface area contributed by atoms with E-state index in [2.05, 4.69) is 21.6 Å². The predicted molar refractivity (Wildman–Crippen MR) is 92.6 cm³/mol. The van der Waals surface area contributed by atoms with Gasteiger partial charge in [-0.15, -0.1) is 0 Å². The molecule has 24 heavy (non-hydrogen) atoms. The largest absolute Gasteiger partial charge is 0.378 e. The molecule has 128 valence electrons. The standard InChI is InChI=1S/C18H24N4O2/c1-22(18(23)17-13-24-11-9-19-17)10-5-8-15-12-16(21-20-15)14-6-3-2-4-7-14/h2-4,6-7,12,17,19H,5,8-11,13H2,1H3,(H,20,21). The molecule has 0 radical (unpaired) electrons. The zero-order chi connectivity index (χ0) is 16.8. The van der Waals surface area contributed by atoms with Crippen LogP contribution in [0.15, 0.2) is 36.4 Å². The van der Waals surface area contributed by atoms with E-state index in [1.54, 1.807) is 4.90 Å². The monoisotopic (exact) mass is 328 g/mol. The molecule has 0 spiro atoms. The van der Waals surface area contributed by atoms with Crippen molar-refractivity contribution >= 4 is 5.91 Å². The number of H-pyrrole nitrogens is 1. The number of hydrogen-bond donors (Lipinski definition) is 2. The van der Waals surface area contributed by atoms with E-state index in [0.29, 0.717) is 13.2 Å². The van der Waals surface area contributed by atoms with Crippen molar-refractivity contribution in [3.05, 3.63) is 42.1 Å². The molecule has 0 aliphatic carbocycles. The van der Waals surface area contributed by atoms with Gasteiger partial charge in [0.1, 0.15) is 6.04 Å². The highest BCUT2D eigenvalue weighted by Gasteiger charge is 2.23. The van der Waals surface area contributed by atoms with E-state index in [9.17, 15) is 4.79 Å². The van der Waals surface area contributed by atoms with Gasteiger partial charge in [-0.1, -0.05) is 30.3 Å². The van der Waals surface area contributed by atoms with Gasteiger partial charge in [0.2, 0.25) is 5.91 Å². The maximum absolute atomic E-state index is 12.3. The molecule has 1 aliphatic heterocycles. The Balaban J connectivity index is 1.46. The second-order valence-corrected chi connectivity index (χ2v) is 6.09. The van der Waals surface area contributed by atoms with Crippen LogP contribution in [0.5, 0.6) is 0 Å². The van der Waals surface area contributed by atoms with Crippen LogP contribution in [0.1, 0.15) is 12.1 Å². The fourth-order valence-corrected chi connectivity index (χ4v) is 2.85. The van der Waals surface area contributed by atoms with Gasteiger partial charge in [-0.25, -0.2) is 0 Å². The molecule has 3 rings (SSSR count). The summed E-state index contributed by atoms with van der Waals surface area (Å²) in [6.45, 7) is 2.60. The van der Waals surface area contributed by atoms with E-state index in [1.807, 2.05) is 37.4 Å². The van der Waals surface area contributed by atoms with Crippen molar-refractivity contribution in [2.24, 2.45) is 0 Å². The number of aromatic nitrogens is 2. The van der Waals surface area contributed by atoms with Crippen molar-refractivity contribution in [3.63, 3.8) is 0 Å². The molecule has 6 heteroatoms. The van der Waals surface area contributed by atoms with Gasteiger partial charge in [-0.3, -0.25) is 9.89 Å². The molecule has 2 N–H and O–H groups in total. The molecule has 1 aromatic carbocycles. The molecule has 6 nitrogen and oxygen atoms in total. The Bertz CT molecular complexity index is 650. The summed E-state index contributed by atoms with van der Waals surface area (Å²) in [6, 6.07) is 12.0. The fraction of sp³-hybridized carbons (Fsp3) is 0.444. The topological polar surface area (TPSA) is 70.2 Å². The number of nitrogens with one attached hydrogen (secondary N) is 2. The Labute approximate surface area is 142 Å². The van der Waals surface area contributed by atoms with Gasteiger partial charge in [0, 0.05) is 31.4 Å². The normalized spacial score (nSPS) is 17.6. The lowest BCUT2D eigenvalue weighted by atomic mass is 10.1. The molecular weight excluding hydrogens is 304 g/mol. The van der Waals surface area contributed by atoms with Crippen molar-refractivity contribution in [2.75, 3.05) is 33.4 Å². The van der Waals surface area contributed by atoms with Gasteiger partial charge in [0.05, 0.1) is 18.9 Å². The Morgan fingerprint density at radius 3 is 2.96 bits per heavy atom. The summed E-state index contributed by atoms with van der Waals surface area (Å²) < 4.78 is 5.35. The first-order valence-corrected chi connectivity index (χ1v) is 8.40. The Morgan fingerprint density at radius 1 is 1.38 bits per heavy atom. The van der Waals surface area contributed by atoms with Crippen LogP contribution < -0.4 is 5.32 Å². The van der Waals surface area contributed by atoms with Gasteiger partial charge < -0.3 is 15.0 Å². The molecule has 1 unspecified atom stereocenters. The number of ether oxygens (including phenoxy) is 1. The van der Waals surface area contributed by atoms with Crippen LogP contribution in [0.4, 0.5) is 0 Å². The number of likely N-dealkylation sites (N-methyl/N-ethyl adjacent to an activating group) is 1. The maximum atomic E-state index is 12.3. The third-order valence-electron chi connectivity index (χ3n) is 4.24. The zero-order valence-electron chi connectivity index (χ0n) is 14.0. The minimum Gasteiger partial charge on any atom is -0.378 e. The molecule has 2 aromatic rings. The van der Waals surface area contributed by atoms with E-state index >= 15 is 0 Å². The molecule has 1 aromatic heterocycles. The average molecular weight is 328 g/mol. The first-order chi connectivity index (χ1) is 11.7. The van der Waals surface area contributed by atoms with Crippen molar-refractivity contribution < 1.29 is 9.53 Å². The molecular formula is C18H24N4O2. The van der Waals surface area contributed by atoms with Gasteiger partial charge in [-0.2, -0.15) is 5.10 Å². The molecule has 2 heterocycles. The maximum Gasteiger partial charge on any atom is 0.241 e. The average Bonchev–Trinajstić information content (AvgIpc) is 3.11. The van der Waals surface area contributed by atoms with Crippen LogP contribution in [0.25, 0.3) is 11.3 Å². The number of nitrogens with zero attached hydrogens (tertiary/aromatic N) is 2. The number of morpholine rings is 1. The van der Waals surface area contributed by atoms with Gasteiger partial charge >= 0.3 is 0 Å². The molecule has 0 bridgehead atoms. The SMILES string of the molecule is CN(CCCc1cc(-c2ccccc2)n[nH]1)C(=O)C1COCCN1. The number of aryl methyl sites for hydroxylation is 1. The second kappa shape index (κ2) is 8.08. The van der Waals surface area contributed by atoms with Crippen LogP contribution >= 0.6 is 0 Å². The number of benzene rings is 1. The zero-order valence-corrected chi connectivity index (χ0v) is 14.0. The van der Waals surface area contributed by atoms with Crippen LogP contribution in [-0.2, 0) is 16.0 Å². The summed E-state index contributed by atoms with van der Waals surface area (Å²) in [5, 5.41) is 10.6. The van der Waals surface area contributed by atoms with Gasteiger partial charge in [0.15, 0.2) is 0 Å². The van der Waals surface area contributed by atoms with Crippen LogP contribution in [0, 0.1) is 0 Å². The Hall–Kier alpha value is -2.18. The number of carbonyl (C=O) groups excluding carboxylic acids is 1. The Kier molecular flexibility index (Phi) is 5.61. The van der Waals surface area contributed by atoms with Crippen molar-refractivity contribution in [2.45, 2.75) is 18.9 Å². The molecule has 1 aliphatic rings. The number of hydrogen-bond acceptors (Lipinski definition) is 4. The smallest absolute Gasteiger partial charge is 0.241 e. The first kappa shape index (κ1) is 16.7. The predicted octanol–water partition coefficient (Wildman–Crippen LogP) is 1.46. The second-order valence-electron chi connectivity index (χ2n) is 6.09.